The van der Waals surface area contributed by atoms with Crippen LogP contribution >= 0.6 is 0 Å². The molecule has 0 saturated carbocycles. The molecule has 0 spiro atoms. The van der Waals surface area contributed by atoms with Crippen molar-refractivity contribution in [1.82, 2.24) is 5.01 Å². The van der Waals surface area contributed by atoms with Gasteiger partial charge in [0.2, 0.25) is 0 Å². The second-order valence-electron chi connectivity index (χ2n) is 6.53. The first-order chi connectivity index (χ1) is 11.0. The van der Waals surface area contributed by atoms with Gasteiger partial charge in [-0.1, -0.05) is 26.0 Å². The van der Waals surface area contributed by atoms with Gasteiger partial charge in [-0.05, 0) is 48.7 Å². The van der Waals surface area contributed by atoms with Gasteiger partial charge in [0.1, 0.15) is 5.75 Å². The Balaban J connectivity index is 2.07. The molecule has 0 bridgehead atoms. The Hall–Kier alpha value is -2.36. The van der Waals surface area contributed by atoms with Crippen molar-refractivity contribution in [3.8, 4) is 5.75 Å². The zero-order chi connectivity index (χ0) is 16.6. The number of benzene rings is 1. The maximum atomic E-state index is 8.66. The lowest BCUT2D eigenvalue weighted by Crippen LogP contribution is -2.47. The minimum absolute atomic E-state index is 0.0582. The number of nitrogens with one attached hydrogen (secondary N) is 1. The summed E-state index contributed by atoms with van der Waals surface area (Å²) in [5, 5.41) is 15.5. The zero-order valence-corrected chi connectivity index (χ0v) is 14.1. The van der Waals surface area contributed by atoms with E-state index < -0.39 is 0 Å². The van der Waals surface area contributed by atoms with E-state index in [0.29, 0.717) is 5.71 Å². The largest absolute Gasteiger partial charge is 0.497 e. The van der Waals surface area contributed by atoms with Gasteiger partial charge in [0.25, 0.3) is 0 Å². The molecule has 1 aromatic carbocycles. The highest BCUT2D eigenvalue weighted by Crippen LogP contribution is 2.40. The Bertz CT molecular complexity index is 700. The van der Waals surface area contributed by atoms with Crippen LogP contribution in [-0.4, -0.2) is 29.1 Å². The van der Waals surface area contributed by atoms with Crippen molar-refractivity contribution in [3.05, 3.63) is 54.3 Å². The quantitative estimate of drug-likeness (QED) is 0.859. The standard InChI is InChI=1S/C19H23N3O/c1-13(2)17(20)16-18(14-7-9-15(23-4)10-8-14)21-22-12-6-5-11-19(16,22)3/h5-13,16,20H,1-4H3. The number of hydrogen-bond donors (Lipinski definition) is 1. The molecule has 2 aliphatic heterocycles. The van der Waals surface area contributed by atoms with Crippen LogP contribution in [0.15, 0.2) is 53.8 Å². The number of hydrazone groups is 1. The maximum Gasteiger partial charge on any atom is 0.118 e. The van der Waals surface area contributed by atoms with E-state index in [9.17, 15) is 0 Å². The molecule has 2 aliphatic rings. The first-order valence-corrected chi connectivity index (χ1v) is 7.94. The SMILES string of the molecule is COc1ccc(C2=NN3C=CC=CC3(C)C2C(=N)C(C)C)cc1. The van der Waals surface area contributed by atoms with Crippen LogP contribution in [0.25, 0.3) is 0 Å². The molecule has 0 saturated heterocycles. The van der Waals surface area contributed by atoms with Gasteiger partial charge in [0, 0.05) is 11.9 Å². The molecule has 120 valence electrons. The van der Waals surface area contributed by atoms with Gasteiger partial charge in [0.15, 0.2) is 0 Å². The fourth-order valence-corrected chi connectivity index (χ4v) is 3.22. The summed E-state index contributed by atoms with van der Waals surface area (Å²) in [4.78, 5) is 0. The second-order valence-corrected chi connectivity index (χ2v) is 6.53. The normalized spacial score (nSPS) is 25.5. The van der Waals surface area contributed by atoms with Crippen LogP contribution in [0.2, 0.25) is 0 Å². The number of nitrogens with zero attached hydrogens (tertiary/aromatic N) is 2. The molecule has 23 heavy (non-hydrogen) atoms. The molecule has 3 rings (SSSR count). The van der Waals surface area contributed by atoms with Crippen molar-refractivity contribution in [1.29, 1.82) is 5.41 Å². The molecule has 2 unspecified atom stereocenters. The molecule has 0 amide bonds. The van der Waals surface area contributed by atoms with E-state index in [1.54, 1.807) is 7.11 Å². The van der Waals surface area contributed by atoms with Gasteiger partial charge in [-0.2, -0.15) is 5.10 Å². The fourth-order valence-electron chi connectivity index (χ4n) is 3.22. The van der Waals surface area contributed by atoms with Crippen LogP contribution in [0.5, 0.6) is 5.75 Å². The van der Waals surface area contributed by atoms with Crippen molar-refractivity contribution in [3.63, 3.8) is 0 Å². The number of rotatable bonds is 4. The molecule has 0 fully saturated rings. The van der Waals surface area contributed by atoms with Crippen molar-refractivity contribution in [2.45, 2.75) is 26.3 Å². The first-order valence-electron chi connectivity index (χ1n) is 7.94. The van der Waals surface area contributed by atoms with E-state index in [-0.39, 0.29) is 17.4 Å². The van der Waals surface area contributed by atoms with Crippen molar-refractivity contribution in [2.75, 3.05) is 7.11 Å². The summed E-state index contributed by atoms with van der Waals surface area (Å²) in [5.74, 6) is 0.947. The van der Waals surface area contributed by atoms with Crippen molar-refractivity contribution < 1.29 is 4.74 Å². The summed E-state index contributed by atoms with van der Waals surface area (Å²) in [5.41, 5.74) is 2.39. The van der Waals surface area contributed by atoms with E-state index in [4.69, 9.17) is 15.2 Å². The molecular weight excluding hydrogens is 286 g/mol. The summed E-state index contributed by atoms with van der Waals surface area (Å²) >= 11 is 0. The highest BCUT2D eigenvalue weighted by atomic mass is 16.5. The van der Waals surface area contributed by atoms with Crippen molar-refractivity contribution in [2.24, 2.45) is 16.9 Å². The first kappa shape index (κ1) is 15.5. The van der Waals surface area contributed by atoms with E-state index in [0.717, 1.165) is 17.0 Å². The summed E-state index contributed by atoms with van der Waals surface area (Å²) in [6.45, 7) is 6.29. The van der Waals surface area contributed by atoms with Gasteiger partial charge in [0.05, 0.1) is 24.3 Å². The van der Waals surface area contributed by atoms with Crippen LogP contribution in [0.4, 0.5) is 0 Å². The van der Waals surface area contributed by atoms with Crippen LogP contribution in [0, 0.1) is 17.2 Å². The predicted octanol–water partition coefficient (Wildman–Crippen LogP) is 3.85. The highest BCUT2D eigenvalue weighted by Gasteiger charge is 2.48. The third kappa shape index (κ3) is 2.48. The number of methoxy groups -OCH3 is 1. The molecule has 4 nitrogen and oxygen atoms in total. The van der Waals surface area contributed by atoms with Crippen LogP contribution in [0.3, 0.4) is 0 Å². The molecule has 0 aliphatic carbocycles. The smallest absolute Gasteiger partial charge is 0.118 e. The van der Waals surface area contributed by atoms with Gasteiger partial charge in [-0.3, -0.25) is 5.01 Å². The Morgan fingerprint density at radius 2 is 1.96 bits per heavy atom. The predicted molar refractivity (Wildman–Crippen MR) is 94.1 cm³/mol. The lowest BCUT2D eigenvalue weighted by molar-refractivity contribution is 0.233. The summed E-state index contributed by atoms with van der Waals surface area (Å²) in [6, 6.07) is 7.93. The van der Waals surface area contributed by atoms with Crippen LogP contribution in [-0.2, 0) is 0 Å². The lowest BCUT2D eigenvalue weighted by atomic mass is 9.74. The average Bonchev–Trinajstić information content (AvgIpc) is 2.87. The molecule has 2 heterocycles. The highest BCUT2D eigenvalue weighted by molar-refractivity contribution is 6.17. The molecule has 1 N–H and O–H groups in total. The summed E-state index contributed by atoms with van der Waals surface area (Å²) in [7, 11) is 1.66. The monoisotopic (exact) mass is 309 g/mol. The molecule has 1 aromatic rings. The summed E-state index contributed by atoms with van der Waals surface area (Å²) < 4.78 is 5.24. The van der Waals surface area contributed by atoms with Gasteiger partial charge >= 0.3 is 0 Å². The van der Waals surface area contributed by atoms with E-state index >= 15 is 0 Å². The van der Waals surface area contributed by atoms with E-state index in [1.807, 2.05) is 47.6 Å². The molecule has 0 radical (unpaired) electrons. The molecule has 0 aromatic heterocycles. The number of hydrogen-bond acceptors (Lipinski definition) is 4. The number of ether oxygens (including phenoxy) is 1. The van der Waals surface area contributed by atoms with Crippen molar-refractivity contribution >= 4 is 11.4 Å². The van der Waals surface area contributed by atoms with Crippen LogP contribution < -0.4 is 4.74 Å². The lowest BCUT2D eigenvalue weighted by Gasteiger charge is -2.37. The number of allylic oxidation sites excluding steroid dienone is 2. The van der Waals surface area contributed by atoms with E-state index in [1.165, 1.54) is 0 Å². The zero-order valence-electron chi connectivity index (χ0n) is 14.1. The van der Waals surface area contributed by atoms with Gasteiger partial charge < -0.3 is 10.1 Å². The molecule has 2 atom stereocenters. The summed E-state index contributed by atoms with van der Waals surface area (Å²) in [6.07, 6.45) is 8.16. The third-order valence-corrected chi connectivity index (χ3v) is 4.66. The maximum absolute atomic E-state index is 8.66. The van der Waals surface area contributed by atoms with Crippen LogP contribution in [0.1, 0.15) is 26.3 Å². The Morgan fingerprint density at radius 1 is 1.26 bits per heavy atom. The fraction of sp³-hybridized carbons (Fsp3) is 0.368. The third-order valence-electron chi connectivity index (χ3n) is 4.66. The Kier molecular flexibility index (Phi) is 3.84. The van der Waals surface area contributed by atoms with E-state index in [2.05, 4.69) is 26.8 Å². The molecular formula is C19H23N3O. The van der Waals surface area contributed by atoms with Gasteiger partial charge in [-0.25, -0.2) is 0 Å². The topological polar surface area (TPSA) is 48.7 Å². The second kappa shape index (κ2) is 5.69. The average molecular weight is 309 g/mol. The Morgan fingerprint density at radius 3 is 2.57 bits per heavy atom. The Labute approximate surface area is 137 Å². The van der Waals surface area contributed by atoms with Gasteiger partial charge in [-0.15, -0.1) is 0 Å². The minimum Gasteiger partial charge on any atom is -0.497 e. The number of fused-ring (bicyclic) bond motifs is 1. The molecule has 4 heteroatoms. The minimum atomic E-state index is -0.314.